The van der Waals surface area contributed by atoms with Crippen molar-refractivity contribution in [3.05, 3.63) is 11.7 Å². The Balaban J connectivity index is 0.00000289. The van der Waals surface area contributed by atoms with E-state index in [0.29, 0.717) is 31.3 Å². The van der Waals surface area contributed by atoms with E-state index in [1.807, 2.05) is 0 Å². The number of hydrogen-bond acceptors (Lipinski definition) is 5. The van der Waals surface area contributed by atoms with Crippen LogP contribution in [0.2, 0.25) is 0 Å². The number of nitrogens with one attached hydrogen (secondary N) is 2. The minimum absolute atomic E-state index is 0. The zero-order valence-electron chi connectivity index (χ0n) is 10.9. The highest BCUT2D eigenvalue weighted by molar-refractivity contribution is 14.0. The molecule has 0 aliphatic heterocycles. The number of methoxy groups -OCH3 is 1. The van der Waals surface area contributed by atoms with Gasteiger partial charge in [-0.05, 0) is 6.92 Å². The van der Waals surface area contributed by atoms with Gasteiger partial charge in [-0.2, -0.15) is 4.98 Å². The van der Waals surface area contributed by atoms with E-state index in [0.717, 1.165) is 12.5 Å². The molecule has 0 amide bonds. The Hall–Kier alpha value is -0.900. The maximum absolute atomic E-state index is 5.00. The fraction of sp³-hybridized carbons (Fsp3) is 0.700. The lowest BCUT2D eigenvalue weighted by Gasteiger charge is -2.10. The van der Waals surface area contributed by atoms with Crippen LogP contribution in [0.4, 0.5) is 0 Å². The van der Waals surface area contributed by atoms with Gasteiger partial charge in [0.2, 0.25) is 5.89 Å². The molecule has 0 atom stereocenters. The fourth-order valence-corrected chi connectivity index (χ4v) is 1.22. The normalized spacial score (nSPS) is 10.9. The molecule has 8 heteroatoms. The van der Waals surface area contributed by atoms with Gasteiger partial charge < -0.3 is 19.9 Å². The van der Waals surface area contributed by atoms with Crippen LogP contribution >= 0.6 is 24.0 Å². The van der Waals surface area contributed by atoms with Crippen molar-refractivity contribution >= 4 is 29.9 Å². The predicted octanol–water partition coefficient (Wildman–Crippen LogP) is 0.350. The molecule has 2 N–H and O–H groups in total. The summed E-state index contributed by atoms with van der Waals surface area (Å²) in [6, 6.07) is 0. The number of aliphatic imine (C=N–C) groups is 1. The van der Waals surface area contributed by atoms with Gasteiger partial charge in [0.1, 0.15) is 0 Å². The number of nitrogens with zero attached hydrogens (tertiary/aromatic N) is 3. The Kier molecular flexibility index (Phi) is 9.56. The molecule has 0 unspecified atom stereocenters. The van der Waals surface area contributed by atoms with Gasteiger partial charge in [0.25, 0.3) is 0 Å². The van der Waals surface area contributed by atoms with E-state index in [2.05, 4.69) is 25.8 Å². The molecule has 1 heterocycles. The highest BCUT2D eigenvalue weighted by atomic mass is 127. The van der Waals surface area contributed by atoms with E-state index < -0.39 is 0 Å². The number of hydrogen-bond donors (Lipinski definition) is 2. The maximum Gasteiger partial charge on any atom is 0.228 e. The molecule has 0 radical (unpaired) electrons. The third kappa shape index (κ3) is 6.74. The molecule has 0 saturated heterocycles. The van der Waals surface area contributed by atoms with Gasteiger partial charge in [-0.25, -0.2) is 0 Å². The first-order valence-corrected chi connectivity index (χ1v) is 5.49. The largest absolute Gasteiger partial charge is 0.383 e. The SMILES string of the molecule is CN=C(NCCOC)NCCc1nc(C)no1.I. The molecule has 0 fully saturated rings. The smallest absolute Gasteiger partial charge is 0.228 e. The lowest BCUT2D eigenvalue weighted by molar-refractivity contribution is 0.203. The van der Waals surface area contributed by atoms with Gasteiger partial charge in [-0.15, -0.1) is 24.0 Å². The van der Waals surface area contributed by atoms with Crippen molar-refractivity contribution in [2.24, 2.45) is 4.99 Å². The topological polar surface area (TPSA) is 84.6 Å². The van der Waals surface area contributed by atoms with E-state index in [-0.39, 0.29) is 24.0 Å². The van der Waals surface area contributed by atoms with Gasteiger partial charge >= 0.3 is 0 Å². The van der Waals surface area contributed by atoms with Gasteiger partial charge in [0.15, 0.2) is 11.8 Å². The quantitative estimate of drug-likeness (QED) is 0.326. The van der Waals surface area contributed by atoms with Crippen LogP contribution in [-0.4, -0.2) is 50.0 Å². The zero-order chi connectivity index (χ0) is 12.5. The zero-order valence-corrected chi connectivity index (χ0v) is 13.2. The van der Waals surface area contributed by atoms with Crippen LogP contribution in [0.15, 0.2) is 9.52 Å². The number of ether oxygens (including phenoxy) is 1. The third-order valence-corrected chi connectivity index (χ3v) is 2.02. The first-order chi connectivity index (χ1) is 8.26. The Morgan fingerprint density at radius 2 is 2.11 bits per heavy atom. The summed E-state index contributed by atoms with van der Waals surface area (Å²) in [7, 11) is 3.38. The standard InChI is InChI=1S/C10H19N5O2.HI/c1-8-14-9(17-15-8)4-5-12-10(11-2)13-6-7-16-3;/h4-7H2,1-3H3,(H2,11,12,13);1H. The van der Waals surface area contributed by atoms with Crippen molar-refractivity contribution in [1.29, 1.82) is 0 Å². The van der Waals surface area contributed by atoms with Crippen molar-refractivity contribution in [3.8, 4) is 0 Å². The first kappa shape index (κ1) is 17.1. The van der Waals surface area contributed by atoms with E-state index in [1.54, 1.807) is 21.1 Å². The molecule has 1 aromatic rings. The molecule has 0 aliphatic carbocycles. The second-order valence-electron chi connectivity index (χ2n) is 3.40. The van der Waals surface area contributed by atoms with Crippen molar-refractivity contribution in [2.45, 2.75) is 13.3 Å². The van der Waals surface area contributed by atoms with Crippen LogP contribution in [0.3, 0.4) is 0 Å². The van der Waals surface area contributed by atoms with Gasteiger partial charge in [-0.1, -0.05) is 5.16 Å². The van der Waals surface area contributed by atoms with Crippen LogP contribution < -0.4 is 10.6 Å². The second kappa shape index (κ2) is 10.1. The molecule has 0 saturated carbocycles. The summed E-state index contributed by atoms with van der Waals surface area (Å²) >= 11 is 0. The van der Waals surface area contributed by atoms with Crippen LogP contribution in [0.1, 0.15) is 11.7 Å². The lowest BCUT2D eigenvalue weighted by atomic mass is 10.4. The molecule has 1 aromatic heterocycles. The minimum Gasteiger partial charge on any atom is -0.383 e. The summed E-state index contributed by atoms with van der Waals surface area (Å²) in [4.78, 5) is 8.18. The highest BCUT2D eigenvalue weighted by Crippen LogP contribution is 1.95. The highest BCUT2D eigenvalue weighted by Gasteiger charge is 2.02. The van der Waals surface area contributed by atoms with Crippen LogP contribution in [0.5, 0.6) is 0 Å². The molecule has 0 spiro atoms. The second-order valence-corrected chi connectivity index (χ2v) is 3.40. The van der Waals surface area contributed by atoms with Crippen LogP contribution in [0.25, 0.3) is 0 Å². The number of rotatable bonds is 6. The van der Waals surface area contributed by atoms with E-state index in [1.165, 1.54) is 0 Å². The van der Waals surface area contributed by atoms with Crippen molar-refractivity contribution in [2.75, 3.05) is 33.9 Å². The molecule has 7 nitrogen and oxygen atoms in total. The molecular formula is C10H20IN5O2. The van der Waals surface area contributed by atoms with Crippen LogP contribution in [-0.2, 0) is 11.2 Å². The number of guanidine groups is 1. The predicted molar refractivity (Wildman–Crippen MR) is 79.4 cm³/mol. The summed E-state index contributed by atoms with van der Waals surface area (Å²) < 4.78 is 9.93. The Labute approximate surface area is 124 Å². The van der Waals surface area contributed by atoms with Gasteiger partial charge in [-0.3, -0.25) is 4.99 Å². The van der Waals surface area contributed by atoms with Crippen molar-refractivity contribution in [1.82, 2.24) is 20.8 Å². The van der Waals surface area contributed by atoms with E-state index >= 15 is 0 Å². The molecule has 0 aromatic carbocycles. The Morgan fingerprint density at radius 1 is 1.39 bits per heavy atom. The van der Waals surface area contributed by atoms with E-state index in [9.17, 15) is 0 Å². The summed E-state index contributed by atoms with van der Waals surface area (Å²) in [6.07, 6.45) is 0.672. The third-order valence-electron chi connectivity index (χ3n) is 2.02. The molecular weight excluding hydrogens is 349 g/mol. The Morgan fingerprint density at radius 3 is 2.67 bits per heavy atom. The lowest BCUT2D eigenvalue weighted by Crippen LogP contribution is -2.39. The summed E-state index contributed by atoms with van der Waals surface area (Å²) in [5.41, 5.74) is 0. The average Bonchev–Trinajstić information content (AvgIpc) is 2.73. The van der Waals surface area contributed by atoms with E-state index in [4.69, 9.17) is 9.26 Å². The van der Waals surface area contributed by atoms with Gasteiger partial charge in [0, 0.05) is 33.7 Å². The average molecular weight is 369 g/mol. The number of aromatic nitrogens is 2. The summed E-state index contributed by atoms with van der Waals surface area (Å²) in [6.45, 7) is 3.85. The maximum atomic E-state index is 5.00. The minimum atomic E-state index is 0. The molecule has 0 aliphatic rings. The van der Waals surface area contributed by atoms with Crippen LogP contribution in [0, 0.1) is 6.92 Å². The molecule has 18 heavy (non-hydrogen) atoms. The summed E-state index contributed by atoms with van der Waals surface area (Å²) in [5.74, 6) is 2.02. The molecule has 104 valence electrons. The Bertz CT molecular complexity index is 356. The monoisotopic (exact) mass is 369 g/mol. The number of halogens is 1. The van der Waals surface area contributed by atoms with Gasteiger partial charge in [0.05, 0.1) is 6.61 Å². The first-order valence-electron chi connectivity index (χ1n) is 5.49. The van der Waals surface area contributed by atoms with Crippen molar-refractivity contribution < 1.29 is 9.26 Å². The molecule has 0 bridgehead atoms. The number of aryl methyl sites for hydroxylation is 1. The van der Waals surface area contributed by atoms with Crippen molar-refractivity contribution in [3.63, 3.8) is 0 Å². The summed E-state index contributed by atoms with van der Waals surface area (Å²) in [5, 5.41) is 9.97. The molecule has 1 rings (SSSR count). The fourth-order valence-electron chi connectivity index (χ4n) is 1.22.